The highest BCUT2D eigenvalue weighted by Gasteiger charge is 2.37. The molecule has 2 atom stereocenters. The van der Waals surface area contributed by atoms with Crippen molar-refractivity contribution in [1.29, 1.82) is 0 Å². The van der Waals surface area contributed by atoms with Crippen LogP contribution in [0.2, 0.25) is 0 Å². The summed E-state index contributed by atoms with van der Waals surface area (Å²) in [5.74, 6) is -1.55. The number of hydrogen-bond donors (Lipinski definition) is 0. The monoisotopic (exact) mass is 322 g/mol. The number of amides is 1. The molecule has 0 spiro atoms. The van der Waals surface area contributed by atoms with Gasteiger partial charge in [-0.2, -0.15) is 0 Å². The van der Waals surface area contributed by atoms with Crippen LogP contribution < -0.4 is 0 Å². The number of likely N-dealkylation sites (tertiary alicyclic amines) is 2. The largest absolute Gasteiger partial charge is 0.338 e. The molecule has 3 rings (SSSR count). The lowest BCUT2D eigenvalue weighted by Gasteiger charge is -2.33. The number of nitrogens with zero attached hydrogens (tertiary/aromatic N) is 2. The van der Waals surface area contributed by atoms with Crippen LogP contribution in [0.15, 0.2) is 18.2 Å². The fourth-order valence-electron chi connectivity index (χ4n) is 4.01. The fourth-order valence-corrected chi connectivity index (χ4v) is 4.01. The zero-order valence-corrected chi connectivity index (χ0v) is 13.6. The quantitative estimate of drug-likeness (QED) is 0.851. The van der Waals surface area contributed by atoms with E-state index in [-0.39, 0.29) is 5.91 Å². The average molecular weight is 322 g/mol. The molecule has 126 valence electrons. The minimum absolute atomic E-state index is 0.137. The topological polar surface area (TPSA) is 23.6 Å². The van der Waals surface area contributed by atoms with Gasteiger partial charge in [0.1, 0.15) is 0 Å². The van der Waals surface area contributed by atoms with E-state index in [0.717, 1.165) is 38.4 Å². The van der Waals surface area contributed by atoms with Gasteiger partial charge in [-0.15, -0.1) is 0 Å². The second-order valence-corrected chi connectivity index (χ2v) is 6.74. The van der Waals surface area contributed by atoms with Crippen molar-refractivity contribution in [1.82, 2.24) is 9.80 Å². The fraction of sp³-hybridized carbons (Fsp3) is 0.611. The molecule has 3 nitrogen and oxygen atoms in total. The first-order valence-corrected chi connectivity index (χ1v) is 8.50. The lowest BCUT2D eigenvalue weighted by molar-refractivity contribution is -0.132. The molecule has 0 aliphatic carbocycles. The summed E-state index contributed by atoms with van der Waals surface area (Å²) in [5.41, 5.74) is 0.672. The Morgan fingerprint density at radius 2 is 1.87 bits per heavy atom. The van der Waals surface area contributed by atoms with Crippen molar-refractivity contribution in [3.63, 3.8) is 0 Å². The molecule has 2 saturated heterocycles. The van der Waals surface area contributed by atoms with Crippen LogP contribution in [0.25, 0.3) is 0 Å². The van der Waals surface area contributed by atoms with Crippen molar-refractivity contribution in [2.75, 3.05) is 20.1 Å². The number of aryl methyl sites for hydroxylation is 1. The Labute approximate surface area is 136 Å². The van der Waals surface area contributed by atoms with E-state index in [2.05, 4.69) is 11.9 Å². The van der Waals surface area contributed by atoms with Gasteiger partial charge in [-0.05, 0) is 63.4 Å². The third-order valence-electron chi connectivity index (χ3n) is 5.25. The maximum atomic E-state index is 13.2. The van der Waals surface area contributed by atoms with E-state index in [1.807, 2.05) is 4.90 Å². The van der Waals surface area contributed by atoms with Crippen molar-refractivity contribution in [2.45, 2.75) is 50.6 Å². The Kier molecular flexibility index (Phi) is 4.95. The number of halogens is 2. The molecule has 0 radical (unpaired) electrons. The number of likely N-dealkylation sites (N-methyl/N-ethyl adjacent to an activating group) is 1. The SMILES string of the molecule is CN1CCC[C@@H]1[C@@H]1CCCN1C(=O)CCc1ccc(F)c(F)c1. The summed E-state index contributed by atoms with van der Waals surface area (Å²) in [7, 11) is 2.14. The van der Waals surface area contributed by atoms with E-state index in [9.17, 15) is 13.6 Å². The minimum atomic E-state index is -0.846. The molecule has 5 heteroatoms. The summed E-state index contributed by atoms with van der Waals surface area (Å²) in [6, 6.07) is 4.67. The van der Waals surface area contributed by atoms with Crippen molar-refractivity contribution in [2.24, 2.45) is 0 Å². The molecule has 1 amide bonds. The van der Waals surface area contributed by atoms with Crippen LogP contribution in [0.1, 0.15) is 37.7 Å². The molecule has 0 aromatic heterocycles. The lowest BCUT2D eigenvalue weighted by atomic mass is 10.0. The van der Waals surface area contributed by atoms with Gasteiger partial charge < -0.3 is 9.80 Å². The van der Waals surface area contributed by atoms with Gasteiger partial charge in [-0.1, -0.05) is 6.07 Å². The molecule has 0 unspecified atom stereocenters. The highest BCUT2D eigenvalue weighted by Crippen LogP contribution is 2.29. The second-order valence-electron chi connectivity index (χ2n) is 6.74. The van der Waals surface area contributed by atoms with Gasteiger partial charge in [0.2, 0.25) is 5.91 Å². The average Bonchev–Trinajstić information content (AvgIpc) is 3.16. The summed E-state index contributed by atoms with van der Waals surface area (Å²) < 4.78 is 26.2. The molecule has 1 aromatic rings. The van der Waals surface area contributed by atoms with Crippen LogP contribution in [-0.4, -0.2) is 47.9 Å². The molecule has 1 aromatic carbocycles. The molecule has 0 N–H and O–H groups in total. The first-order valence-electron chi connectivity index (χ1n) is 8.50. The second kappa shape index (κ2) is 6.95. The zero-order chi connectivity index (χ0) is 16.4. The summed E-state index contributed by atoms with van der Waals surface area (Å²) in [5, 5.41) is 0. The van der Waals surface area contributed by atoms with E-state index in [4.69, 9.17) is 0 Å². The van der Waals surface area contributed by atoms with E-state index in [1.165, 1.54) is 12.5 Å². The molecule has 2 fully saturated rings. The van der Waals surface area contributed by atoms with Crippen molar-refractivity contribution < 1.29 is 13.6 Å². The van der Waals surface area contributed by atoms with Crippen LogP contribution in [0.4, 0.5) is 8.78 Å². The predicted molar refractivity (Wildman–Crippen MR) is 85.1 cm³/mol. The first kappa shape index (κ1) is 16.4. The van der Waals surface area contributed by atoms with E-state index < -0.39 is 11.6 Å². The van der Waals surface area contributed by atoms with Gasteiger partial charge in [0.15, 0.2) is 11.6 Å². The number of hydrogen-bond acceptors (Lipinski definition) is 2. The summed E-state index contributed by atoms with van der Waals surface area (Å²) in [4.78, 5) is 17.0. The number of rotatable bonds is 4. The molecule has 23 heavy (non-hydrogen) atoms. The third kappa shape index (κ3) is 3.55. The summed E-state index contributed by atoms with van der Waals surface area (Å²) in [6.45, 7) is 1.93. The summed E-state index contributed by atoms with van der Waals surface area (Å²) in [6.07, 6.45) is 5.32. The number of carbonyl (C=O) groups excluding carboxylic acids is 1. The molecule has 2 aliphatic heterocycles. The number of carbonyl (C=O) groups is 1. The Balaban J connectivity index is 1.59. The van der Waals surface area contributed by atoms with Gasteiger partial charge in [-0.25, -0.2) is 8.78 Å². The van der Waals surface area contributed by atoms with E-state index in [0.29, 0.717) is 30.5 Å². The van der Waals surface area contributed by atoms with E-state index in [1.54, 1.807) is 6.07 Å². The van der Waals surface area contributed by atoms with E-state index >= 15 is 0 Å². The number of benzene rings is 1. The lowest BCUT2D eigenvalue weighted by Crippen LogP contribution is -2.47. The van der Waals surface area contributed by atoms with Gasteiger partial charge >= 0.3 is 0 Å². The first-order chi connectivity index (χ1) is 11.1. The molecule has 0 saturated carbocycles. The summed E-state index contributed by atoms with van der Waals surface area (Å²) >= 11 is 0. The maximum absolute atomic E-state index is 13.2. The molecule has 0 bridgehead atoms. The minimum Gasteiger partial charge on any atom is -0.338 e. The molecule has 2 aliphatic rings. The van der Waals surface area contributed by atoms with Crippen LogP contribution in [-0.2, 0) is 11.2 Å². The zero-order valence-electron chi connectivity index (χ0n) is 13.6. The van der Waals surface area contributed by atoms with Gasteiger partial charge in [0.05, 0.1) is 0 Å². The molecular formula is C18H24F2N2O. The van der Waals surface area contributed by atoms with Crippen LogP contribution >= 0.6 is 0 Å². The van der Waals surface area contributed by atoms with Gasteiger partial charge in [0, 0.05) is 25.0 Å². The third-order valence-corrected chi connectivity index (χ3v) is 5.25. The van der Waals surface area contributed by atoms with Crippen LogP contribution in [0, 0.1) is 11.6 Å². The standard InChI is InChI=1S/C18H24F2N2O/c1-21-10-2-4-16(21)17-5-3-11-22(17)18(23)9-7-13-6-8-14(19)15(20)12-13/h6,8,12,16-17H,2-5,7,9-11H2,1H3/t16-,17+/m1/s1. The van der Waals surface area contributed by atoms with Crippen molar-refractivity contribution >= 4 is 5.91 Å². The Morgan fingerprint density at radius 1 is 1.13 bits per heavy atom. The van der Waals surface area contributed by atoms with Crippen molar-refractivity contribution in [3.8, 4) is 0 Å². The van der Waals surface area contributed by atoms with Gasteiger partial charge in [-0.3, -0.25) is 4.79 Å². The van der Waals surface area contributed by atoms with Crippen LogP contribution in [0.5, 0.6) is 0 Å². The smallest absolute Gasteiger partial charge is 0.223 e. The van der Waals surface area contributed by atoms with Crippen molar-refractivity contribution in [3.05, 3.63) is 35.4 Å². The van der Waals surface area contributed by atoms with Gasteiger partial charge in [0.25, 0.3) is 0 Å². The Bertz CT molecular complexity index is 578. The normalized spacial score (nSPS) is 25.3. The highest BCUT2D eigenvalue weighted by atomic mass is 19.2. The predicted octanol–water partition coefficient (Wildman–Crippen LogP) is 2.98. The van der Waals surface area contributed by atoms with Crippen LogP contribution in [0.3, 0.4) is 0 Å². The molecular weight excluding hydrogens is 298 g/mol. The highest BCUT2D eigenvalue weighted by molar-refractivity contribution is 5.77. The maximum Gasteiger partial charge on any atom is 0.223 e. The molecule has 2 heterocycles. The Morgan fingerprint density at radius 3 is 2.57 bits per heavy atom. The Hall–Kier alpha value is -1.49.